The monoisotopic (exact) mass is 281 g/mol. The Hall–Kier alpha value is -0.870. The van der Waals surface area contributed by atoms with Crippen LogP contribution in [0.1, 0.15) is 51.9 Å². The van der Waals surface area contributed by atoms with Crippen molar-refractivity contribution in [3.05, 3.63) is 17.5 Å². The van der Waals surface area contributed by atoms with Gasteiger partial charge in [0.1, 0.15) is 0 Å². The molecule has 1 aromatic heterocycles. The maximum absolute atomic E-state index is 5.65. The van der Waals surface area contributed by atoms with Crippen molar-refractivity contribution in [1.82, 2.24) is 15.1 Å². The third kappa shape index (κ3) is 4.60. The molecule has 1 aromatic rings. The summed E-state index contributed by atoms with van der Waals surface area (Å²) in [5, 5.41) is 8.27. The third-order valence-electron chi connectivity index (χ3n) is 3.82. The summed E-state index contributed by atoms with van der Waals surface area (Å²) in [7, 11) is 1.81. The summed E-state index contributed by atoms with van der Waals surface area (Å²) < 4.78 is 7.77. The van der Waals surface area contributed by atoms with E-state index in [1.165, 1.54) is 11.4 Å². The molecule has 0 aromatic carbocycles. The molecule has 1 N–H and O–H groups in total. The van der Waals surface area contributed by atoms with Crippen LogP contribution in [-0.2, 0) is 24.1 Å². The second kappa shape index (κ2) is 9.14. The Bertz CT molecular complexity index is 372. The van der Waals surface area contributed by atoms with E-state index < -0.39 is 0 Å². The number of rotatable bonds is 10. The Morgan fingerprint density at radius 3 is 2.55 bits per heavy atom. The number of hydrogen-bond acceptors (Lipinski definition) is 3. The highest BCUT2D eigenvalue weighted by atomic mass is 16.5. The van der Waals surface area contributed by atoms with Crippen LogP contribution in [0.3, 0.4) is 0 Å². The number of ether oxygens (including phenoxy) is 1. The third-order valence-corrected chi connectivity index (χ3v) is 3.82. The minimum Gasteiger partial charge on any atom is -0.380 e. The SMILES string of the molecule is CCCNC(Cc1cc(CC)nn1CC)C(CC)OC. The molecule has 4 nitrogen and oxygen atoms in total. The summed E-state index contributed by atoms with van der Waals surface area (Å²) in [4.78, 5) is 0. The number of aromatic nitrogens is 2. The van der Waals surface area contributed by atoms with E-state index in [4.69, 9.17) is 4.74 Å². The molecule has 0 aliphatic rings. The average Bonchev–Trinajstić information content (AvgIpc) is 2.87. The van der Waals surface area contributed by atoms with Crippen molar-refractivity contribution in [3.63, 3.8) is 0 Å². The molecule has 0 radical (unpaired) electrons. The second-order valence-corrected chi connectivity index (χ2v) is 5.24. The van der Waals surface area contributed by atoms with Crippen LogP contribution >= 0.6 is 0 Å². The molecule has 0 spiro atoms. The molecule has 2 atom stereocenters. The van der Waals surface area contributed by atoms with Crippen LogP contribution in [0.5, 0.6) is 0 Å². The highest BCUT2D eigenvalue weighted by molar-refractivity contribution is 5.12. The lowest BCUT2D eigenvalue weighted by atomic mass is 10.0. The van der Waals surface area contributed by atoms with E-state index in [1.807, 2.05) is 7.11 Å². The van der Waals surface area contributed by atoms with Crippen LogP contribution in [0.4, 0.5) is 0 Å². The second-order valence-electron chi connectivity index (χ2n) is 5.24. The Kier molecular flexibility index (Phi) is 7.85. The fraction of sp³-hybridized carbons (Fsp3) is 0.812. The maximum atomic E-state index is 5.65. The van der Waals surface area contributed by atoms with Crippen LogP contribution < -0.4 is 5.32 Å². The van der Waals surface area contributed by atoms with Gasteiger partial charge in [0.15, 0.2) is 0 Å². The van der Waals surface area contributed by atoms with Gasteiger partial charge in [0.25, 0.3) is 0 Å². The quantitative estimate of drug-likeness (QED) is 0.717. The molecule has 0 aliphatic heterocycles. The van der Waals surface area contributed by atoms with Gasteiger partial charge in [-0.2, -0.15) is 5.10 Å². The van der Waals surface area contributed by atoms with Gasteiger partial charge in [-0.1, -0.05) is 20.8 Å². The van der Waals surface area contributed by atoms with Gasteiger partial charge in [-0.05, 0) is 38.8 Å². The first-order valence-corrected chi connectivity index (χ1v) is 8.01. The maximum Gasteiger partial charge on any atom is 0.0725 e. The Balaban J connectivity index is 2.84. The minimum absolute atomic E-state index is 0.256. The van der Waals surface area contributed by atoms with Gasteiger partial charge < -0.3 is 10.1 Å². The van der Waals surface area contributed by atoms with Crippen LogP contribution in [0, 0.1) is 0 Å². The summed E-state index contributed by atoms with van der Waals surface area (Å²) in [6.07, 6.45) is 4.40. The molecule has 0 bridgehead atoms. The molecule has 0 aliphatic carbocycles. The van der Waals surface area contributed by atoms with Crippen molar-refractivity contribution >= 4 is 0 Å². The van der Waals surface area contributed by atoms with Gasteiger partial charge in [0, 0.05) is 31.8 Å². The molecule has 0 saturated carbocycles. The molecular weight excluding hydrogens is 250 g/mol. The van der Waals surface area contributed by atoms with Gasteiger partial charge in [-0.25, -0.2) is 0 Å². The van der Waals surface area contributed by atoms with Crippen molar-refractivity contribution in [2.45, 2.75) is 72.1 Å². The molecule has 0 amide bonds. The van der Waals surface area contributed by atoms with Crippen molar-refractivity contribution < 1.29 is 4.74 Å². The van der Waals surface area contributed by atoms with Gasteiger partial charge in [0.2, 0.25) is 0 Å². The molecule has 1 heterocycles. The van der Waals surface area contributed by atoms with E-state index >= 15 is 0 Å². The first-order chi connectivity index (χ1) is 9.69. The highest BCUT2D eigenvalue weighted by Crippen LogP contribution is 2.13. The van der Waals surface area contributed by atoms with Crippen molar-refractivity contribution in [2.24, 2.45) is 0 Å². The lowest BCUT2D eigenvalue weighted by Gasteiger charge is -2.26. The first-order valence-electron chi connectivity index (χ1n) is 8.01. The molecule has 4 heteroatoms. The van der Waals surface area contributed by atoms with E-state index in [0.29, 0.717) is 6.04 Å². The molecule has 116 valence electrons. The number of methoxy groups -OCH3 is 1. The zero-order valence-electron chi connectivity index (χ0n) is 13.8. The normalized spacial score (nSPS) is 14.4. The van der Waals surface area contributed by atoms with Crippen molar-refractivity contribution in [1.29, 1.82) is 0 Å². The molecule has 20 heavy (non-hydrogen) atoms. The van der Waals surface area contributed by atoms with E-state index in [9.17, 15) is 0 Å². The van der Waals surface area contributed by atoms with Gasteiger partial charge in [-0.15, -0.1) is 0 Å². The zero-order chi connectivity index (χ0) is 15.0. The van der Waals surface area contributed by atoms with Crippen molar-refractivity contribution in [2.75, 3.05) is 13.7 Å². The smallest absolute Gasteiger partial charge is 0.0725 e. The van der Waals surface area contributed by atoms with Gasteiger partial charge in [0.05, 0.1) is 11.8 Å². The van der Waals surface area contributed by atoms with Gasteiger partial charge >= 0.3 is 0 Å². The highest BCUT2D eigenvalue weighted by Gasteiger charge is 2.21. The van der Waals surface area contributed by atoms with E-state index in [-0.39, 0.29) is 6.10 Å². The lowest BCUT2D eigenvalue weighted by Crippen LogP contribution is -2.43. The standard InChI is InChI=1S/C16H31N3O/c1-6-10-17-15(16(8-3)20-5)12-14-11-13(7-2)18-19(14)9-4/h11,15-17H,6-10,12H2,1-5H3. The zero-order valence-corrected chi connectivity index (χ0v) is 13.8. The largest absolute Gasteiger partial charge is 0.380 e. The average molecular weight is 281 g/mol. The minimum atomic E-state index is 0.256. The predicted molar refractivity (Wildman–Crippen MR) is 84.2 cm³/mol. The summed E-state index contributed by atoms with van der Waals surface area (Å²) in [5.41, 5.74) is 2.50. The summed E-state index contributed by atoms with van der Waals surface area (Å²) in [6.45, 7) is 10.7. The summed E-state index contributed by atoms with van der Waals surface area (Å²) in [6, 6.07) is 2.60. The molecular formula is C16H31N3O. The van der Waals surface area contributed by atoms with Crippen LogP contribution in [-0.4, -0.2) is 35.6 Å². The van der Waals surface area contributed by atoms with Crippen LogP contribution in [0.2, 0.25) is 0 Å². The number of hydrogen-bond donors (Lipinski definition) is 1. The Morgan fingerprint density at radius 1 is 1.30 bits per heavy atom. The predicted octanol–water partition coefficient (Wildman–Crippen LogP) is 2.80. The van der Waals surface area contributed by atoms with Gasteiger partial charge in [-0.3, -0.25) is 4.68 Å². The molecule has 1 rings (SSSR count). The number of nitrogens with one attached hydrogen (secondary N) is 1. The molecule has 0 saturated heterocycles. The van der Waals surface area contributed by atoms with Crippen molar-refractivity contribution in [3.8, 4) is 0 Å². The van der Waals surface area contributed by atoms with E-state index in [0.717, 1.165) is 38.8 Å². The Labute approximate surface area is 123 Å². The molecule has 2 unspecified atom stereocenters. The fourth-order valence-electron chi connectivity index (χ4n) is 2.63. The lowest BCUT2D eigenvalue weighted by molar-refractivity contribution is 0.0647. The topological polar surface area (TPSA) is 39.1 Å². The summed E-state index contributed by atoms with van der Waals surface area (Å²) in [5.74, 6) is 0. The van der Waals surface area contributed by atoms with E-state index in [2.05, 4.69) is 48.9 Å². The number of nitrogens with zero attached hydrogens (tertiary/aromatic N) is 2. The summed E-state index contributed by atoms with van der Waals surface area (Å²) >= 11 is 0. The fourth-order valence-corrected chi connectivity index (χ4v) is 2.63. The van der Waals surface area contributed by atoms with E-state index in [1.54, 1.807) is 0 Å². The molecule has 0 fully saturated rings. The Morgan fingerprint density at radius 2 is 2.05 bits per heavy atom. The van der Waals surface area contributed by atoms with Crippen LogP contribution in [0.15, 0.2) is 6.07 Å². The number of aryl methyl sites for hydroxylation is 2. The first kappa shape index (κ1) is 17.2. The van der Waals surface area contributed by atoms with Crippen LogP contribution in [0.25, 0.3) is 0 Å².